The molecule has 0 spiro atoms. The monoisotopic (exact) mass is 421 g/mol. The third-order valence-corrected chi connectivity index (χ3v) is 5.21. The number of rotatable bonds is 6. The number of amides is 2. The molecule has 2 aliphatic rings. The molecule has 1 saturated heterocycles. The van der Waals surface area contributed by atoms with Crippen molar-refractivity contribution in [2.24, 2.45) is 5.92 Å². The largest absolute Gasteiger partial charge is 0.491 e. The van der Waals surface area contributed by atoms with Gasteiger partial charge in [-0.25, -0.2) is 0 Å². The second kappa shape index (κ2) is 9.51. The summed E-state index contributed by atoms with van der Waals surface area (Å²) in [5, 5.41) is 3.96. The summed E-state index contributed by atoms with van der Waals surface area (Å²) in [4.78, 5) is 29.2. The van der Waals surface area contributed by atoms with E-state index in [2.05, 4.69) is 19.0 Å². The fourth-order valence-corrected chi connectivity index (χ4v) is 3.63. The van der Waals surface area contributed by atoms with Gasteiger partial charge < -0.3 is 28.5 Å². The molecule has 3 heterocycles. The van der Waals surface area contributed by atoms with Crippen LogP contribution in [-0.2, 0) is 30.4 Å². The van der Waals surface area contributed by atoms with Crippen molar-refractivity contribution < 1.29 is 28.3 Å². The number of allylic oxidation sites excluding steroid dienone is 1. The Kier molecular flexibility index (Phi) is 7.02. The van der Waals surface area contributed by atoms with Crippen molar-refractivity contribution in [2.75, 3.05) is 39.4 Å². The molecule has 30 heavy (non-hydrogen) atoms. The standard InChI is InChI=1S/C21H31N3O6/c1-13(2)8-23-9-17(29-12-18-14(3)22-30-15(18)4)10-24(11-19(23)25)21(26)20-16(5)27-6-7-28-20/h13,17H,6-12H2,1-5H3. The second-order valence-electron chi connectivity index (χ2n) is 8.20. The first-order chi connectivity index (χ1) is 14.3. The molecule has 0 saturated carbocycles. The highest BCUT2D eigenvalue weighted by molar-refractivity contribution is 5.95. The maximum absolute atomic E-state index is 13.1. The Morgan fingerprint density at radius 2 is 1.93 bits per heavy atom. The Bertz CT molecular complexity index is 796. The molecule has 2 aliphatic heterocycles. The minimum absolute atomic E-state index is 0.0170. The summed E-state index contributed by atoms with van der Waals surface area (Å²) in [7, 11) is 0. The van der Waals surface area contributed by atoms with Crippen molar-refractivity contribution in [3.8, 4) is 0 Å². The summed E-state index contributed by atoms with van der Waals surface area (Å²) in [5.74, 6) is 1.16. The summed E-state index contributed by atoms with van der Waals surface area (Å²) in [5.41, 5.74) is 1.67. The Balaban J connectivity index is 1.78. The summed E-state index contributed by atoms with van der Waals surface area (Å²) in [6.07, 6.45) is -0.349. The fourth-order valence-electron chi connectivity index (χ4n) is 3.63. The van der Waals surface area contributed by atoms with Crippen LogP contribution in [0.2, 0.25) is 0 Å². The molecule has 0 radical (unpaired) electrons. The van der Waals surface area contributed by atoms with E-state index in [0.717, 1.165) is 11.3 Å². The summed E-state index contributed by atoms with van der Waals surface area (Å²) >= 11 is 0. The first kappa shape index (κ1) is 22.1. The highest BCUT2D eigenvalue weighted by atomic mass is 16.6. The maximum Gasteiger partial charge on any atom is 0.293 e. The molecule has 0 bridgehead atoms. The molecule has 166 valence electrons. The van der Waals surface area contributed by atoms with E-state index in [9.17, 15) is 9.59 Å². The minimum Gasteiger partial charge on any atom is -0.491 e. The molecule has 9 heteroatoms. The van der Waals surface area contributed by atoms with Gasteiger partial charge in [0.15, 0.2) is 0 Å². The quantitative estimate of drug-likeness (QED) is 0.691. The predicted octanol–water partition coefficient (Wildman–Crippen LogP) is 1.78. The van der Waals surface area contributed by atoms with E-state index in [-0.39, 0.29) is 36.8 Å². The Hall–Kier alpha value is -2.55. The van der Waals surface area contributed by atoms with Gasteiger partial charge in [-0.1, -0.05) is 19.0 Å². The number of hydrogen-bond acceptors (Lipinski definition) is 7. The van der Waals surface area contributed by atoms with Gasteiger partial charge in [-0.05, 0) is 26.7 Å². The highest BCUT2D eigenvalue weighted by Gasteiger charge is 2.34. The molecule has 2 amide bonds. The normalized spacial score (nSPS) is 20.3. The predicted molar refractivity (Wildman–Crippen MR) is 107 cm³/mol. The second-order valence-corrected chi connectivity index (χ2v) is 8.20. The van der Waals surface area contributed by atoms with E-state index in [0.29, 0.717) is 50.3 Å². The van der Waals surface area contributed by atoms with Crippen molar-refractivity contribution in [3.05, 3.63) is 28.5 Å². The lowest BCUT2D eigenvalue weighted by atomic mass is 10.2. The Morgan fingerprint density at radius 1 is 1.20 bits per heavy atom. The number of carbonyl (C=O) groups excluding carboxylic acids is 2. The highest BCUT2D eigenvalue weighted by Crippen LogP contribution is 2.20. The van der Waals surface area contributed by atoms with Gasteiger partial charge in [-0.2, -0.15) is 0 Å². The Labute approximate surface area is 176 Å². The summed E-state index contributed by atoms with van der Waals surface area (Å²) in [6, 6.07) is 0. The van der Waals surface area contributed by atoms with Crippen molar-refractivity contribution in [1.29, 1.82) is 0 Å². The van der Waals surface area contributed by atoms with E-state index in [1.807, 2.05) is 13.8 Å². The van der Waals surface area contributed by atoms with Crippen LogP contribution < -0.4 is 0 Å². The average molecular weight is 421 g/mol. The van der Waals surface area contributed by atoms with Crippen LogP contribution in [0.5, 0.6) is 0 Å². The van der Waals surface area contributed by atoms with E-state index >= 15 is 0 Å². The Morgan fingerprint density at radius 3 is 2.57 bits per heavy atom. The zero-order chi connectivity index (χ0) is 21.8. The fraction of sp³-hybridized carbons (Fsp3) is 0.667. The molecule has 3 rings (SSSR count). The van der Waals surface area contributed by atoms with E-state index in [1.54, 1.807) is 11.8 Å². The van der Waals surface area contributed by atoms with Gasteiger partial charge in [0.25, 0.3) is 5.91 Å². The molecular formula is C21H31N3O6. The molecule has 1 unspecified atom stereocenters. The van der Waals surface area contributed by atoms with Gasteiger partial charge >= 0.3 is 0 Å². The number of ether oxygens (including phenoxy) is 3. The zero-order valence-electron chi connectivity index (χ0n) is 18.4. The zero-order valence-corrected chi connectivity index (χ0v) is 18.4. The van der Waals surface area contributed by atoms with Crippen LogP contribution in [-0.4, -0.2) is 72.3 Å². The number of nitrogens with zero attached hydrogens (tertiary/aromatic N) is 3. The lowest BCUT2D eigenvalue weighted by Gasteiger charge is -2.27. The van der Waals surface area contributed by atoms with Gasteiger partial charge in [-0.3, -0.25) is 9.59 Å². The molecule has 9 nitrogen and oxygen atoms in total. The molecule has 1 aromatic heterocycles. The van der Waals surface area contributed by atoms with Crippen molar-refractivity contribution in [2.45, 2.75) is 47.3 Å². The average Bonchev–Trinajstić information content (AvgIpc) is 2.92. The SMILES string of the molecule is CC1=C(C(=O)N2CC(=O)N(CC(C)C)CC(OCc3c(C)noc3C)C2)OCCO1. The molecule has 1 aromatic rings. The summed E-state index contributed by atoms with van der Waals surface area (Å²) in [6.45, 7) is 11.8. The third-order valence-electron chi connectivity index (χ3n) is 5.21. The first-order valence-corrected chi connectivity index (χ1v) is 10.3. The molecule has 0 aliphatic carbocycles. The van der Waals surface area contributed by atoms with Crippen LogP contribution >= 0.6 is 0 Å². The molecular weight excluding hydrogens is 390 g/mol. The smallest absolute Gasteiger partial charge is 0.293 e. The molecule has 0 aromatic carbocycles. The lowest BCUT2D eigenvalue weighted by molar-refractivity contribution is -0.139. The number of aromatic nitrogens is 1. The third kappa shape index (κ3) is 5.13. The van der Waals surface area contributed by atoms with E-state index < -0.39 is 0 Å². The van der Waals surface area contributed by atoms with Crippen LogP contribution in [0.15, 0.2) is 16.0 Å². The first-order valence-electron chi connectivity index (χ1n) is 10.3. The topological polar surface area (TPSA) is 94.3 Å². The van der Waals surface area contributed by atoms with Crippen LogP contribution in [0.1, 0.15) is 37.8 Å². The van der Waals surface area contributed by atoms with E-state index in [4.69, 9.17) is 18.7 Å². The molecule has 0 N–H and O–H groups in total. The number of carbonyl (C=O) groups is 2. The maximum atomic E-state index is 13.1. The van der Waals surface area contributed by atoms with Crippen molar-refractivity contribution in [3.63, 3.8) is 0 Å². The van der Waals surface area contributed by atoms with Crippen molar-refractivity contribution in [1.82, 2.24) is 15.0 Å². The lowest BCUT2D eigenvalue weighted by Crippen LogP contribution is -2.42. The van der Waals surface area contributed by atoms with Gasteiger partial charge in [0.05, 0.1) is 18.4 Å². The van der Waals surface area contributed by atoms with Crippen LogP contribution in [0.25, 0.3) is 0 Å². The summed E-state index contributed by atoms with van der Waals surface area (Å²) < 4.78 is 22.3. The van der Waals surface area contributed by atoms with E-state index in [1.165, 1.54) is 4.90 Å². The van der Waals surface area contributed by atoms with Crippen LogP contribution in [0, 0.1) is 19.8 Å². The van der Waals surface area contributed by atoms with Crippen LogP contribution in [0.4, 0.5) is 0 Å². The molecule has 1 fully saturated rings. The van der Waals surface area contributed by atoms with Crippen LogP contribution in [0.3, 0.4) is 0 Å². The van der Waals surface area contributed by atoms with Gasteiger partial charge in [0, 0.05) is 25.2 Å². The number of hydrogen-bond donors (Lipinski definition) is 0. The van der Waals surface area contributed by atoms with Gasteiger partial charge in [0.1, 0.15) is 31.3 Å². The minimum atomic E-state index is -0.349. The van der Waals surface area contributed by atoms with Gasteiger partial charge in [0.2, 0.25) is 11.7 Å². The van der Waals surface area contributed by atoms with Crippen molar-refractivity contribution >= 4 is 11.8 Å². The number of aryl methyl sites for hydroxylation is 2. The molecule has 1 atom stereocenters. The van der Waals surface area contributed by atoms with Gasteiger partial charge in [-0.15, -0.1) is 0 Å².